The molecule has 0 unspecified atom stereocenters. The number of nitrogens with one attached hydrogen (secondary N) is 1. The molecule has 1 radical (unpaired) electrons. The molecular formula is C19H16N3O. The number of aromatic nitrogens is 2. The van der Waals surface area contributed by atoms with E-state index in [2.05, 4.69) is 22.3 Å². The lowest BCUT2D eigenvalue weighted by Crippen LogP contribution is -2.30. The monoisotopic (exact) mass is 302 g/mol. The Bertz CT molecular complexity index is 825. The van der Waals surface area contributed by atoms with Crippen LogP contribution in [0.3, 0.4) is 0 Å². The van der Waals surface area contributed by atoms with Crippen LogP contribution in [0.5, 0.6) is 0 Å². The third-order valence-corrected chi connectivity index (χ3v) is 4.20. The number of carbonyl (C=O) groups excluding carboxylic acids is 1. The average molecular weight is 302 g/mol. The van der Waals surface area contributed by atoms with E-state index in [-0.39, 0.29) is 5.91 Å². The van der Waals surface area contributed by atoms with Crippen LogP contribution in [0.1, 0.15) is 11.1 Å². The fraction of sp³-hybridized carbons (Fsp3) is 0.158. The minimum Gasteiger partial charge on any atom is -0.311 e. The van der Waals surface area contributed by atoms with Crippen molar-refractivity contribution in [3.05, 3.63) is 71.9 Å². The van der Waals surface area contributed by atoms with Gasteiger partial charge in [0.1, 0.15) is 5.69 Å². The predicted octanol–water partition coefficient (Wildman–Crippen LogP) is 3.01. The van der Waals surface area contributed by atoms with Crippen molar-refractivity contribution >= 4 is 11.6 Å². The molecular weight excluding hydrogens is 286 g/mol. The van der Waals surface area contributed by atoms with Crippen molar-refractivity contribution in [2.75, 3.05) is 11.4 Å². The number of nitrogens with zero attached hydrogens (tertiary/aromatic N) is 2. The van der Waals surface area contributed by atoms with Crippen molar-refractivity contribution in [3.8, 4) is 11.3 Å². The molecule has 0 atom stereocenters. The standard InChI is InChI=1S/C19H16N3O/c23-18(13-14-5-2-1-3-6-14)22-12-10-15-7-4-8-16(19(15)22)17-9-11-20-21-17/h1-8,11H,10,12-13H2,(H,20,21). The molecule has 0 aliphatic carbocycles. The second-order valence-electron chi connectivity index (χ2n) is 5.65. The van der Waals surface area contributed by atoms with Gasteiger partial charge in [-0.25, -0.2) is 0 Å². The summed E-state index contributed by atoms with van der Waals surface area (Å²) in [6.07, 6.45) is 2.98. The van der Waals surface area contributed by atoms with E-state index in [1.807, 2.05) is 47.4 Å². The molecule has 0 fully saturated rings. The Kier molecular flexibility index (Phi) is 3.42. The normalized spacial score (nSPS) is 13.1. The molecule has 1 aliphatic heterocycles. The van der Waals surface area contributed by atoms with Crippen LogP contribution < -0.4 is 4.90 Å². The first-order valence-electron chi connectivity index (χ1n) is 7.71. The highest BCUT2D eigenvalue weighted by Gasteiger charge is 2.28. The summed E-state index contributed by atoms with van der Waals surface area (Å²) in [7, 11) is 0. The van der Waals surface area contributed by atoms with Gasteiger partial charge < -0.3 is 4.90 Å². The van der Waals surface area contributed by atoms with Crippen molar-refractivity contribution in [1.82, 2.24) is 10.2 Å². The summed E-state index contributed by atoms with van der Waals surface area (Å²) in [5.74, 6) is 0.123. The molecule has 4 heteroatoms. The lowest BCUT2D eigenvalue weighted by Gasteiger charge is -2.20. The van der Waals surface area contributed by atoms with Crippen molar-refractivity contribution in [2.24, 2.45) is 0 Å². The number of carbonyl (C=O) groups is 1. The first kappa shape index (κ1) is 13.8. The van der Waals surface area contributed by atoms with Crippen LogP contribution in [0.2, 0.25) is 0 Å². The molecule has 0 saturated carbocycles. The van der Waals surface area contributed by atoms with Crippen LogP contribution in [0.4, 0.5) is 5.69 Å². The minimum atomic E-state index is 0.123. The highest BCUT2D eigenvalue weighted by Crippen LogP contribution is 2.37. The Labute approximate surface area is 134 Å². The fourth-order valence-corrected chi connectivity index (χ4v) is 3.13. The Morgan fingerprint density at radius 2 is 2.04 bits per heavy atom. The Balaban J connectivity index is 1.68. The van der Waals surface area contributed by atoms with Gasteiger partial charge in [0.2, 0.25) is 5.91 Å². The molecule has 0 spiro atoms. The number of hydrogen-bond acceptors (Lipinski definition) is 2. The first-order valence-corrected chi connectivity index (χ1v) is 7.71. The molecule has 3 aromatic rings. The molecule has 1 N–H and O–H groups in total. The molecule has 113 valence electrons. The SMILES string of the molecule is O=C(Cc1ccccc1)N1CCc2cccc(-c3[c]c[nH]n3)c21. The largest absolute Gasteiger partial charge is 0.311 e. The van der Waals surface area contributed by atoms with E-state index in [9.17, 15) is 4.79 Å². The first-order chi connectivity index (χ1) is 11.3. The van der Waals surface area contributed by atoms with Gasteiger partial charge in [-0.1, -0.05) is 48.5 Å². The zero-order valence-corrected chi connectivity index (χ0v) is 12.6. The van der Waals surface area contributed by atoms with Gasteiger partial charge in [0.25, 0.3) is 0 Å². The van der Waals surface area contributed by atoms with Gasteiger partial charge in [-0.05, 0) is 17.5 Å². The Morgan fingerprint density at radius 1 is 1.17 bits per heavy atom. The lowest BCUT2D eigenvalue weighted by molar-refractivity contribution is -0.117. The summed E-state index contributed by atoms with van der Waals surface area (Å²) in [5, 5.41) is 7.02. The smallest absolute Gasteiger partial charge is 0.231 e. The molecule has 1 aromatic heterocycles. The number of aromatic amines is 1. The average Bonchev–Trinajstić information content (AvgIpc) is 3.25. The number of H-pyrrole nitrogens is 1. The molecule has 1 amide bonds. The minimum absolute atomic E-state index is 0.123. The summed E-state index contributed by atoms with van der Waals surface area (Å²) in [5.41, 5.74) is 4.93. The number of rotatable bonds is 3. The highest BCUT2D eigenvalue weighted by atomic mass is 16.2. The van der Waals surface area contributed by atoms with Gasteiger partial charge >= 0.3 is 0 Å². The third-order valence-electron chi connectivity index (χ3n) is 4.20. The Hall–Kier alpha value is -2.88. The van der Waals surface area contributed by atoms with Crippen molar-refractivity contribution in [2.45, 2.75) is 12.8 Å². The number of amides is 1. The van der Waals surface area contributed by atoms with E-state index in [1.165, 1.54) is 5.56 Å². The highest BCUT2D eigenvalue weighted by molar-refractivity contribution is 6.00. The summed E-state index contributed by atoms with van der Waals surface area (Å²) in [6, 6.07) is 19.1. The van der Waals surface area contributed by atoms with Gasteiger partial charge in [-0.15, -0.1) is 0 Å². The van der Waals surface area contributed by atoms with Crippen LogP contribution in [-0.4, -0.2) is 22.6 Å². The molecule has 23 heavy (non-hydrogen) atoms. The van der Waals surface area contributed by atoms with Gasteiger partial charge in [0, 0.05) is 24.4 Å². The van der Waals surface area contributed by atoms with Gasteiger partial charge in [0.05, 0.1) is 12.1 Å². The van der Waals surface area contributed by atoms with Crippen LogP contribution in [0.15, 0.2) is 54.7 Å². The van der Waals surface area contributed by atoms with Gasteiger partial charge in [0.15, 0.2) is 0 Å². The van der Waals surface area contributed by atoms with Crippen LogP contribution in [0.25, 0.3) is 11.3 Å². The summed E-state index contributed by atoms with van der Waals surface area (Å²) in [6.45, 7) is 0.725. The maximum absolute atomic E-state index is 12.8. The zero-order chi connectivity index (χ0) is 15.6. The predicted molar refractivity (Wildman–Crippen MR) is 89.1 cm³/mol. The number of benzene rings is 2. The number of para-hydroxylation sites is 1. The van der Waals surface area contributed by atoms with E-state index in [1.54, 1.807) is 6.20 Å². The Morgan fingerprint density at radius 3 is 2.83 bits per heavy atom. The molecule has 1 aliphatic rings. The van der Waals surface area contributed by atoms with Gasteiger partial charge in [-0.3, -0.25) is 9.89 Å². The van der Waals surface area contributed by atoms with E-state index < -0.39 is 0 Å². The van der Waals surface area contributed by atoms with Gasteiger partial charge in [-0.2, -0.15) is 5.10 Å². The fourth-order valence-electron chi connectivity index (χ4n) is 3.13. The maximum atomic E-state index is 12.8. The lowest BCUT2D eigenvalue weighted by atomic mass is 10.0. The third kappa shape index (κ3) is 2.52. The molecule has 2 heterocycles. The van der Waals surface area contributed by atoms with Crippen LogP contribution >= 0.6 is 0 Å². The second-order valence-corrected chi connectivity index (χ2v) is 5.65. The zero-order valence-electron chi connectivity index (χ0n) is 12.6. The van der Waals surface area contributed by atoms with Crippen LogP contribution in [0, 0.1) is 6.07 Å². The number of hydrogen-bond donors (Lipinski definition) is 1. The summed E-state index contributed by atoms with van der Waals surface area (Å²) in [4.78, 5) is 14.7. The van der Waals surface area contributed by atoms with Crippen LogP contribution in [-0.2, 0) is 17.6 Å². The molecule has 0 saturated heterocycles. The number of anilines is 1. The van der Waals surface area contributed by atoms with E-state index in [4.69, 9.17) is 0 Å². The van der Waals surface area contributed by atoms with E-state index in [0.717, 1.165) is 35.5 Å². The molecule has 2 aromatic carbocycles. The second kappa shape index (κ2) is 5.72. The number of fused-ring (bicyclic) bond motifs is 1. The van der Waals surface area contributed by atoms with Crippen molar-refractivity contribution < 1.29 is 4.79 Å². The molecule has 4 nitrogen and oxygen atoms in total. The molecule has 4 rings (SSSR count). The van der Waals surface area contributed by atoms with E-state index >= 15 is 0 Å². The summed E-state index contributed by atoms with van der Waals surface area (Å²) >= 11 is 0. The van der Waals surface area contributed by atoms with Crippen molar-refractivity contribution in [3.63, 3.8) is 0 Å². The quantitative estimate of drug-likeness (QED) is 0.808. The van der Waals surface area contributed by atoms with Crippen molar-refractivity contribution in [1.29, 1.82) is 0 Å². The maximum Gasteiger partial charge on any atom is 0.231 e. The summed E-state index contributed by atoms with van der Waals surface area (Å²) < 4.78 is 0. The van der Waals surface area contributed by atoms with E-state index in [0.29, 0.717) is 6.42 Å². The molecule has 0 bridgehead atoms. The topological polar surface area (TPSA) is 49.0 Å².